The molecule has 1 aliphatic heterocycles. The standard InChI is InChI=1S/C21H34N6O5S/c1-13(2)17(25-19(28)14(3)22-4)21(30)27-16(12-15-8-7-9-23-18(15)27)20(29)24-10-11-33(31,32)26(5)6/h7-9,13-14,16-17,22H,10-12H2,1-6H3,(H,24,29)(H,25,28)/t14-,16?,17?/m0/s1. The third-order valence-electron chi connectivity index (χ3n) is 5.63. The maximum Gasteiger partial charge on any atom is 0.251 e. The Hall–Kier alpha value is -2.57. The number of fused-ring (bicyclic) bond motifs is 1. The van der Waals surface area contributed by atoms with Crippen LogP contribution in [0, 0.1) is 5.92 Å². The van der Waals surface area contributed by atoms with Gasteiger partial charge >= 0.3 is 0 Å². The third-order valence-corrected chi connectivity index (χ3v) is 7.47. The highest BCUT2D eigenvalue weighted by atomic mass is 32.2. The molecule has 3 amide bonds. The molecule has 0 aliphatic carbocycles. The Kier molecular flexibility index (Phi) is 8.92. The van der Waals surface area contributed by atoms with Crippen LogP contribution in [-0.4, -0.2) is 87.0 Å². The fourth-order valence-electron chi connectivity index (χ4n) is 3.40. The van der Waals surface area contributed by atoms with Gasteiger partial charge in [0.2, 0.25) is 21.8 Å². The summed E-state index contributed by atoms with van der Waals surface area (Å²) in [6, 6.07) is 1.25. The van der Waals surface area contributed by atoms with E-state index in [0.29, 0.717) is 5.82 Å². The van der Waals surface area contributed by atoms with Crippen molar-refractivity contribution in [3.63, 3.8) is 0 Å². The topological polar surface area (TPSA) is 141 Å². The van der Waals surface area contributed by atoms with E-state index in [1.165, 1.54) is 25.2 Å². The van der Waals surface area contributed by atoms with E-state index in [9.17, 15) is 22.8 Å². The number of anilines is 1. The summed E-state index contributed by atoms with van der Waals surface area (Å²) in [5.74, 6) is -1.39. The predicted octanol–water partition coefficient (Wildman–Crippen LogP) is -0.904. The smallest absolute Gasteiger partial charge is 0.251 e. The van der Waals surface area contributed by atoms with Gasteiger partial charge in [0.15, 0.2) is 0 Å². The summed E-state index contributed by atoms with van der Waals surface area (Å²) in [5, 5.41) is 8.24. The van der Waals surface area contributed by atoms with Gasteiger partial charge < -0.3 is 16.0 Å². The van der Waals surface area contributed by atoms with Crippen LogP contribution in [0.25, 0.3) is 0 Å². The van der Waals surface area contributed by atoms with Gasteiger partial charge in [-0.3, -0.25) is 19.3 Å². The minimum atomic E-state index is -3.48. The normalized spacial score (nSPS) is 17.6. The quantitative estimate of drug-likeness (QED) is 0.392. The van der Waals surface area contributed by atoms with Gasteiger partial charge in [0, 0.05) is 33.3 Å². The van der Waals surface area contributed by atoms with Crippen LogP contribution in [0.1, 0.15) is 26.3 Å². The number of hydrogen-bond donors (Lipinski definition) is 3. The average molecular weight is 483 g/mol. The highest BCUT2D eigenvalue weighted by Gasteiger charge is 2.43. The Morgan fingerprint density at radius 1 is 1.24 bits per heavy atom. The molecule has 1 aliphatic rings. The average Bonchev–Trinajstić information content (AvgIpc) is 3.15. The summed E-state index contributed by atoms with van der Waals surface area (Å²) in [6.07, 6.45) is 1.78. The molecule has 2 rings (SSSR count). The molecule has 3 atom stereocenters. The zero-order valence-corrected chi connectivity index (χ0v) is 20.8. The van der Waals surface area contributed by atoms with Crippen molar-refractivity contribution < 1.29 is 22.8 Å². The van der Waals surface area contributed by atoms with E-state index in [1.807, 2.05) is 13.8 Å². The number of sulfonamides is 1. The molecule has 1 aromatic rings. The number of amides is 3. The molecule has 184 valence electrons. The number of carbonyl (C=O) groups excluding carboxylic acids is 3. The first-order valence-corrected chi connectivity index (χ1v) is 12.4. The van der Waals surface area contributed by atoms with Crippen LogP contribution in [0.5, 0.6) is 0 Å². The summed E-state index contributed by atoms with van der Waals surface area (Å²) < 4.78 is 25.1. The Morgan fingerprint density at radius 3 is 2.48 bits per heavy atom. The van der Waals surface area contributed by atoms with Crippen LogP contribution in [0.2, 0.25) is 0 Å². The van der Waals surface area contributed by atoms with Crippen molar-refractivity contribution >= 4 is 33.6 Å². The summed E-state index contributed by atoms with van der Waals surface area (Å²) in [5.41, 5.74) is 0.726. The van der Waals surface area contributed by atoms with Crippen LogP contribution < -0.4 is 20.9 Å². The molecule has 0 saturated carbocycles. The minimum absolute atomic E-state index is 0.0916. The number of aromatic nitrogens is 1. The first-order valence-electron chi connectivity index (χ1n) is 10.8. The number of nitrogens with one attached hydrogen (secondary N) is 3. The summed E-state index contributed by atoms with van der Waals surface area (Å²) >= 11 is 0. The molecule has 11 nitrogen and oxygen atoms in total. The van der Waals surface area contributed by atoms with Gasteiger partial charge in [-0.25, -0.2) is 17.7 Å². The Bertz CT molecular complexity index is 981. The molecule has 0 fully saturated rings. The molecule has 2 heterocycles. The first kappa shape index (κ1) is 26.7. The Balaban J connectivity index is 2.26. The lowest BCUT2D eigenvalue weighted by Gasteiger charge is -2.31. The molecule has 0 radical (unpaired) electrons. The molecule has 2 unspecified atom stereocenters. The molecule has 0 saturated heterocycles. The third kappa shape index (κ3) is 6.27. The molecular formula is C21H34N6O5S. The molecule has 0 bridgehead atoms. The summed E-state index contributed by atoms with van der Waals surface area (Å²) in [4.78, 5) is 44.7. The van der Waals surface area contributed by atoms with Gasteiger partial charge in [-0.2, -0.15) is 0 Å². The monoisotopic (exact) mass is 482 g/mol. The van der Waals surface area contributed by atoms with E-state index in [4.69, 9.17) is 0 Å². The predicted molar refractivity (Wildman–Crippen MR) is 125 cm³/mol. The van der Waals surface area contributed by atoms with E-state index < -0.39 is 40.0 Å². The molecule has 0 aromatic carbocycles. The number of rotatable bonds is 10. The number of hydrogen-bond acceptors (Lipinski definition) is 7. The van der Waals surface area contributed by atoms with Crippen molar-refractivity contribution in [1.82, 2.24) is 25.2 Å². The molecule has 12 heteroatoms. The first-order chi connectivity index (χ1) is 15.4. The van der Waals surface area contributed by atoms with E-state index in [1.54, 1.807) is 26.1 Å². The van der Waals surface area contributed by atoms with Crippen molar-refractivity contribution in [2.75, 3.05) is 38.3 Å². The van der Waals surface area contributed by atoms with Crippen molar-refractivity contribution in [3.05, 3.63) is 23.9 Å². The Labute approximate surface area is 195 Å². The van der Waals surface area contributed by atoms with Gasteiger partial charge in [-0.1, -0.05) is 19.9 Å². The molecule has 33 heavy (non-hydrogen) atoms. The van der Waals surface area contributed by atoms with Gasteiger partial charge in [-0.15, -0.1) is 0 Å². The number of likely N-dealkylation sites (N-methyl/N-ethyl adjacent to an activating group) is 1. The number of pyridine rings is 1. The lowest BCUT2D eigenvalue weighted by molar-refractivity contribution is -0.131. The van der Waals surface area contributed by atoms with Gasteiger partial charge in [0.05, 0.1) is 11.8 Å². The maximum absolute atomic E-state index is 13.6. The lowest BCUT2D eigenvalue weighted by atomic mass is 10.0. The van der Waals surface area contributed by atoms with E-state index in [-0.39, 0.29) is 30.5 Å². The second-order valence-electron chi connectivity index (χ2n) is 8.54. The van der Waals surface area contributed by atoms with Crippen molar-refractivity contribution in [2.45, 2.75) is 45.3 Å². The Morgan fingerprint density at radius 2 is 1.91 bits per heavy atom. The second-order valence-corrected chi connectivity index (χ2v) is 10.8. The van der Waals surface area contributed by atoms with Crippen molar-refractivity contribution in [3.8, 4) is 0 Å². The zero-order chi connectivity index (χ0) is 24.9. The second kappa shape index (κ2) is 11.0. The summed E-state index contributed by atoms with van der Waals surface area (Å²) in [7, 11) is 1.01. The fraction of sp³-hybridized carbons (Fsp3) is 0.619. The van der Waals surface area contributed by atoms with Gasteiger partial charge in [0.25, 0.3) is 5.91 Å². The molecule has 1 aromatic heterocycles. The number of carbonyl (C=O) groups is 3. The lowest BCUT2D eigenvalue weighted by Crippen LogP contribution is -2.58. The van der Waals surface area contributed by atoms with E-state index in [2.05, 4.69) is 20.9 Å². The van der Waals surface area contributed by atoms with Crippen LogP contribution in [0.15, 0.2) is 18.3 Å². The minimum Gasteiger partial charge on any atom is -0.353 e. The largest absolute Gasteiger partial charge is 0.353 e. The van der Waals surface area contributed by atoms with Crippen molar-refractivity contribution in [2.24, 2.45) is 5.92 Å². The number of nitrogens with zero attached hydrogens (tertiary/aromatic N) is 3. The van der Waals surface area contributed by atoms with Gasteiger partial charge in [-0.05, 0) is 31.5 Å². The summed E-state index contributed by atoms with van der Waals surface area (Å²) in [6.45, 7) is 5.21. The molecular weight excluding hydrogens is 448 g/mol. The molecule has 3 N–H and O–H groups in total. The van der Waals surface area contributed by atoms with Gasteiger partial charge in [0.1, 0.15) is 17.9 Å². The SMILES string of the molecule is CN[C@@H](C)C(=O)NC(C(=O)N1c2ncccc2CC1C(=O)NCCS(=O)(=O)N(C)C)C(C)C. The van der Waals surface area contributed by atoms with Crippen LogP contribution in [0.3, 0.4) is 0 Å². The maximum atomic E-state index is 13.6. The van der Waals surface area contributed by atoms with E-state index >= 15 is 0 Å². The molecule has 0 spiro atoms. The van der Waals surface area contributed by atoms with Crippen LogP contribution in [0.4, 0.5) is 5.82 Å². The van der Waals surface area contributed by atoms with Crippen molar-refractivity contribution in [1.29, 1.82) is 0 Å². The van der Waals surface area contributed by atoms with E-state index in [0.717, 1.165) is 9.87 Å². The fourth-order valence-corrected chi connectivity index (χ4v) is 4.12. The highest BCUT2D eigenvalue weighted by Crippen LogP contribution is 2.31. The van der Waals surface area contributed by atoms with Crippen LogP contribution in [-0.2, 0) is 30.8 Å². The van der Waals surface area contributed by atoms with Crippen LogP contribution >= 0.6 is 0 Å². The zero-order valence-electron chi connectivity index (χ0n) is 20.0. The highest BCUT2D eigenvalue weighted by molar-refractivity contribution is 7.89.